The number of nitrogens with zero attached hydrogens (tertiary/aromatic N) is 2. The smallest absolute Gasteiger partial charge is 0.263 e. The van der Waals surface area contributed by atoms with Gasteiger partial charge in [0.25, 0.3) is 5.91 Å². The van der Waals surface area contributed by atoms with Gasteiger partial charge < -0.3 is 9.64 Å². The molecule has 2 heterocycles. The first-order chi connectivity index (χ1) is 13.6. The fraction of sp³-hybridized carbons (Fsp3) is 0.364. The van der Waals surface area contributed by atoms with Crippen LogP contribution in [0.25, 0.3) is 10.2 Å². The first-order valence-electron chi connectivity index (χ1n) is 9.70. The maximum absolute atomic E-state index is 13.1. The van der Waals surface area contributed by atoms with Crippen molar-refractivity contribution in [2.45, 2.75) is 38.2 Å². The molecule has 0 spiro atoms. The number of rotatable bonds is 5. The second-order valence-corrected chi connectivity index (χ2v) is 8.15. The Balaban J connectivity index is 1.37. The molecular formula is C22H23FN2O2S. The number of para-hydroxylation sites is 1. The van der Waals surface area contributed by atoms with Gasteiger partial charge in [-0.25, -0.2) is 9.37 Å². The number of carbonyl (C=O) groups excluding carboxylic acids is 1. The minimum atomic E-state index is -0.538. The Kier molecular flexibility index (Phi) is 5.57. The topological polar surface area (TPSA) is 42.4 Å². The van der Waals surface area contributed by atoms with Crippen molar-refractivity contribution in [3.05, 3.63) is 59.4 Å². The zero-order valence-corrected chi connectivity index (χ0v) is 16.6. The number of hydrogen-bond acceptors (Lipinski definition) is 4. The second-order valence-electron chi connectivity index (χ2n) is 7.09. The van der Waals surface area contributed by atoms with Gasteiger partial charge in [-0.05, 0) is 55.7 Å². The van der Waals surface area contributed by atoms with Gasteiger partial charge in [0.15, 0.2) is 6.10 Å². The SMILES string of the molecule is CC[C@@H](Oc1ccc(F)cc1)C(=O)N1CCC(c2nc3ccccc3s2)CC1. The van der Waals surface area contributed by atoms with Crippen LogP contribution in [0.4, 0.5) is 4.39 Å². The molecule has 1 aliphatic rings. The molecule has 0 saturated carbocycles. The molecule has 1 fully saturated rings. The number of hydrogen-bond donors (Lipinski definition) is 0. The van der Waals surface area contributed by atoms with Gasteiger partial charge >= 0.3 is 0 Å². The molecule has 6 heteroatoms. The quantitative estimate of drug-likeness (QED) is 0.607. The summed E-state index contributed by atoms with van der Waals surface area (Å²) in [5, 5.41) is 1.17. The highest BCUT2D eigenvalue weighted by atomic mass is 32.1. The molecule has 3 aromatic rings. The molecule has 1 aliphatic heterocycles. The molecule has 0 N–H and O–H groups in total. The van der Waals surface area contributed by atoms with Crippen LogP contribution in [0.5, 0.6) is 5.75 Å². The van der Waals surface area contributed by atoms with E-state index in [0.29, 0.717) is 31.2 Å². The third-order valence-corrected chi connectivity index (χ3v) is 6.40. The summed E-state index contributed by atoms with van der Waals surface area (Å²) in [6.07, 6.45) is 1.87. The van der Waals surface area contributed by atoms with E-state index in [1.807, 2.05) is 30.0 Å². The van der Waals surface area contributed by atoms with E-state index in [-0.39, 0.29) is 11.7 Å². The summed E-state index contributed by atoms with van der Waals surface area (Å²) in [6.45, 7) is 3.35. The van der Waals surface area contributed by atoms with E-state index >= 15 is 0 Å². The Bertz CT molecular complexity index is 916. The van der Waals surface area contributed by atoms with Gasteiger partial charge in [0.2, 0.25) is 0 Å². The summed E-state index contributed by atoms with van der Waals surface area (Å²) in [6, 6.07) is 14.0. The standard InChI is InChI=1S/C22H23FN2O2S/c1-2-19(27-17-9-7-16(23)8-10-17)22(26)25-13-11-15(12-14-25)21-24-18-5-3-4-6-20(18)28-21/h3-10,15,19H,2,11-14H2,1H3/t19-/m1/s1. The number of aromatic nitrogens is 1. The summed E-state index contributed by atoms with van der Waals surface area (Å²) in [4.78, 5) is 19.6. The maximum Gasteiger partial charge on any atom is 0.263 e. The number of fused-ring (bicyclic) bond motifs is 1. The van der Waals surface area contributed by atoms with Gasteiger partial charge in [-0.15, -0.1) is 11.3 Å². The van der Waals surface area contributed by atoms with Crippen LogP contribution in [-0.4, -0.2) is 35.0 Å². The summed E-state index contributed by atoms with van der Waals surface area (Å²) in [7, 11) is 0. The molecule has 146 valence electrons. The monoisotopic (exact) mass is 398 g/mol. The summed E-state index contributed by atoms with van der Waals surface area (Å²) in [5.41, 5.74) is 1.06. The van der Waals surface area contributed by atoms with Crippen molar-refractivity contribution in [2.24, 2.45) is 0 Å². The molecule has 1 amide bonds. The molecule has 2 aromatic carbocycles. The van der Waals surface area contributed by atoms with E-state index in [1.54, 1.807) is 23.5 Å². The Morgan fingerprint density at radius 1 is 1.21 bits per heavy atom. The van der Waals surface area contributed by atoms with Crippen molar-refractivity contribution >= 4 is 27.5 Å². The number of piperidine rings is 1. The predicted octanol–water partition coefficient (Wildman–Crippen LogP) is 5.00. The summed E-state index contributed by atoms with van der Waals surface area (Å²) < 4.78 is 20.1. The number of thiazole rings is 1. The third kappa shape index (κ3) is 4.02. The van der Waals surface area contributed by atoms with E-state index in [4.69, 9.17) is 9.72 Å². The van der Waals surface area contributed by atoms with Crippen LogP contribution in [0, 0.1) is 5.82 Å². The predicted molar refractivity (Wildman–Crippen MR) is 109 cm³/mol. The first kappa shape index (κ1) is 18.9. The van der Waals surface area contributed by atoms with E-state index < -0.39 is 6.10 Å². The van der Waals surface area contributed by atoms with Gasteiger partial charge in [-0.3, -0.25) is 4.79 Å². The zero-order valence-electron chi connectivity index (χ0n) is 15.8. The number of likely N-dealkylation sites (tertiary alicyclic amines) is 1. The van der Waals surface area contributed by atoms with Crippen LogP contribution >= 0.6 is 11.3 Å². The third-order valence-electron chi connectivity index (χ3n) is 5.20. The molecule has 0 unspecified atom stereocenters. The number of amides is 1. The summed E-state index contributed by atoms with van der Waals surface area (Å²) in [5.74, 6) is 0.615. The molecule has 0 bridgehead atoms. The Hall–Kier alpha value is -2.47. The van der Waals surface area contributed by atoms with Crippen LogP contribution in [0.15, 0.2) is 48.5 Å². The van der Waals surface area contributed by atoms with Crippen molar-refractivity contribution < 1.29 is 13.9 Å². The molecule has 1 atom stereocenters. The van der Waals surface area contributed by atoms with Crippen molar-refractivity contribution in [1.29, 1.82) is 0 Å². The normalized spacial score (nSPS) is 16.3. The summed E-state index contributed by atoms with van der Waals surface area (Å²) >= 11 is 1.76. The van der Waals surface area contributed by atoms with E-state index in [2.05, 4.69) is 6.07 Å². The molecule has 0 aliphatic carbocycles. The number of carbonyl (C=O) groups is 1. The first-order valence-corrected chi connectivity index (χ1v) is 10.5. The zero-order chi connectivity index (χ0) is 19.5. The van der Waals surface area contributed by atoms with Crippen molar-refractivity contribution in [3.63, 3.8) is 0 Å². The largest absolute Gasteiger partial charge is 0.481 e. The van der Waals surface area contributed by atoms with Crippen molar-refractivity contribution in [1.82, 2.24) is 9.88 Å². The molecular weight excluding hydrogens is 375 g/mol. The van der Waals surface area contributed by atoms with E-state index in [0.717, 1.165) is 18.4 Å². The molecule has 4 nitrogen and oxygen atoms in total. The number of ether oxygens (including phenoxy) is 1. The van der Waals surface area contributed by atoms with Gasteiger partial charge in [-0.1, -0.05) is 19.1 Å². The lowest BCUT2D eigenvalue weighted by Crippen LogP contribution is -2.45. The van der Waals surface area contributed by atoms with E-state index in [9.17, 15) is 9.18 Å². The lowest BCUT2D eigenvalue weighted by molar-refractivity contribution is -0.140. The number of halogens is 1. The van der Waals surface area contributed by atoms with Gasteiger partial charge in [-0.2, -0.15) is 0 Å². The van der Waals surface area contributed by atoms with Gasteiger partial charge in [0.05, 0.1) is 15.2 Å². The fourth-order valence-electron chi connectivity index (χ4n) is 3.60. The fourth-order valence-corrected chi connectivity index (χ4v) is 4.74. The van der Waals surface area contributed by atoms with Gasteiger partial charge in [0.1, 0.15) is 11.6 Å². The van der Waals surface area contributed by atoms with Crippen LogP contribution < -0.4 is 4.74 Å². The highest BCUT2D eigenvalue weighted by molar-refractivity contribution is 7.18. The van der Waals surface area contributed by atoms with Crippen molar-refractivity contribution in [2.75, 3.05) is 13.1 Å². The number of benzene rings is 2. The molecule has 1 aromatic heterocycles. The lowest BCUT2D eigenvalue weighted by atomic mass is 9.97. The Morgan fingerprint density at radius 2 is 1.93 bits per heavy atom. The van der Waals surface area contributed by atoms with Crippen LogP contribution in [-0.2, 0) is 4.79 Å². The molecule has 1 saturated heterocycles. The molecule has 28 heavy (non-hydrogen) atoms. The lowest BCUT2D eigenvalue weighted by Gasteiger charge is -2.33. The minimum Gasteiger partial charge on any atom is -0.481 e. The Labute approximate surface area is 168 Å². The maximum atomic E-state index is 13.1. The average Bonchev–Trinajstić information content (AvgIpc) is 3.17. The van der Waals surface area contributed by atoms with E-state index in [1.165, 1.54) is 21.8 Å². The van der Waals surface area contributed by atoms with Crippen LogP contribution in [0.3, 0.4) is 0 Å². The van der Waals surface area contributed by atoms with Crippen molar-refractivity contribution in [3.8, 4) is 5.75 Å². The van der Waals surface area contributed by atoms with Crippen LogP contribution in [0.1, 0.15) is 37.1 Å². The van der Waals surface area contributed by atoms with Crippen LogP contribution in [0.2, 0.25) is 0 Å². The molecule has 4 rings (SSSR count). The molecule has 0 radical (unpaired) electrons. The second kappa shape index (κ2) is 8.27. The van der Waals surface area contributed by atoms with Gasteiger partial charge in [0, 0.05) is 19.0 Å². The Morgan fingerprint density at radius 3 is 2.61 bits per heavy atom. The minimum absolute atomic E-state index is 0.00887. The highest BCUT2D eigenvalue weighted by Gasteiger charge is 2.30. The average molecular weight is 399 g/mol. The highest BCUT2D eigenvalue weighted by Crippen LogP contribution is 2.34.